The van der Waals surface area contributed by atoms with Gasteiger partial charge >= 0.3 is 0 Å². The molecule has 25 heavy (non-hydrogen) atoms. The normalized spacial score (nSPS) is 18.0. The number of piperidine rings is 1. The number of fused-ring (bicyclic) bond motifs is 1. The number of thioether (sulfide) groups is 1. The predicted octanol–water partition coefficient (Wildman–Crippen LogP) is 3.71. The fourth-order valence-corrected chi connectivity index (χ4v) is 3.95. The maximum absolute atomic E-state index is 12.4. The second kappa shape index (κ2) is 6.92. The summed E-state index contributed by atoms with van der Waals surface area (Å²) in [6.45, 7) is 2.97. The minimum absolute atomic E-state index is 0.143. The molecule has 0 unspecified atom stereocenters. The number of hydrogen-bond acceptors (Lipinski definition) is 5. The van der Waals surface area contributed by atoms with Crippen LogP contribution in [0.1, 0.15) is 26.2 Å². The van der Waals surface area contributed by atoms with Crippen LogP contribution in [-0.4, -0.2) is 44.3 Å². The first-order valence-corrected chi connectivity index (χ1v) is 9.53. The van der Waals surface area contributed by atoms with Crippen molar-refractivity contribution < 1.29 is 9.21 Å². The molecule has 130 valence electrons. The van der Waals surface area contributed by atoms with Crippen molar-refractivity contribution in [3.63, 3.8) is 0 Å². The van der Waals surface area contributed by atoms with Gasteiger partial charge in [0.2, 0.25) is 5.91 Å². The SMILES string of the molecule is C[C@@H]1CCCCN1C(=O)CSc1nnc(-c2c[nH]c3ccccc23)o1. The van der Waals surface area contributed by atoms with E-state index in [0.29, 0.717) is 22.9 Å². The van der Waals surface area contributed by atoms with Gasteiger partial charge in [0.1, 0.15) is 0 Å². The first-order valence-electron chi connectivity index (χ1n) is 8.54. The van der Waals surface area contributed by atoms with Crippen molar-refractivity contribution in [1.29, 1.82) is 0 Å². The maximum Gasteiger partial charge on any atom is 0.277 e. The van der Waals surface area contributed by atoms with Crippen LogP contribution in [-0.2, 0) is 4.79 Å². The van der Waals surface area contributed by atoms with E-state index in [1.165, 1.54) is 18.2 Å². The van der Waals surface area contributed by atoms with Gasteiger partial charge in [-0.15, -0.1) is 10.2 Å². The number of aromatic nitrogens is 3. The number of benzene rings is 1. The van der Waals surface area contributed by atoms with Gasteiger partial charge in [0.05, 0.1) is 11.3 Å². The van der Waals surface area contributed by atoms with Gasteiger partial charge in [0.15, 0.2) is 0 Å². The van der Waals surface area contributed by atoms with Crippen molar-refractivity contribution in [2.24, 2.45) is 0 Å². The maximum atomic E-state index is 12.4. The Labute approximate surface area is 150 Å². The van der Waals surface area contributed by atoms with Crippen LogP contribution in [0.5, 0.6) is 0 Å². The highest BCUT2D eigenvalue weighted by molar-refractivity contribution is 7.99. The van der Waals surface area contributed by atoms with Crippen LogP contribution in [0.3, 0.4) is 0 Å². The molecule has 0 radical (unpaired) electrons. The molecule has 0 spiro atoms. The van der Waals surface area contributed by atoms with Crippen molar-refractivity contribution >= 4 is 28.6 Å². The molecule has 1 fully saturated rings. The first-order chi connectivity index (χ1) is 12.2. The quantitative estimate of drug-likeness (QED) is 0.721. The summed E-state index contributed by atoms with van der Waals surface area (Å²) in [5.41, 5.74) is 1.91. The number of nitrogens with zero attached hydrogens (tertiary/aromatic N) is 3. The minimum atomic E-state index is 0.143. The summed E-state index contributed by atoms with van der Waals surface area (Å²) in [6, 6.07) is 8.30. The molecule has 3 heterocycles. The van der Waals surface area contributed by atoms with Gasteiger partial charge in [-0.05, 0) is 32.3 Å². The van der Waals surface area contributed by atoms with Crippen LogP contribution < -0.4 is 0 Å². The van der Waals surface area contributed by atoms with Crippen molar-refractivity contribution in [3.05, 3.63) is 30.5 Å². The smallest absolute Gasteiger partial charge is 0.277 e. The number of hydrogen-bond donors (Lipinski definition) is 1. The molecule has 1 aliphatic heterocycles. The molecule has 1 aliphatic rings. The Kier molecular flexibility index (Phi) is 4.48. The van der Waals surface area contributed by atoms with Crippen LogP contribution in [0, 0.1) is 0 Å². The number of carbonyl (C=O) groups is 1. The van der Waals surface area contributed by atoms with E-state index in [1.807, 2.05) is 35.4 Å². The van der Waals surface area contributed by atoms with E-state index in [4.69, 9.17) is 4.42 Å². The van der Waals surface area contributed by atoms with E-state index >= 15 is 0 Å². The lowest BCUT2D eigenvalue weighted by Gasteiger charge is -2.33. The number of aromatic amines is 1. The van der Waals surface area contributed by atoms with E-state index in [9.17, 15) is 4.79 Å². The summed E-state index contributed by atoms with van der Waals surface area (Å²) in [4.78, 5) is 17.6. The molecule has 0 aliphatic carbocycles. The average Bonchev–Trinajstić information content (AvgIpc) is 3.26. The highest BCUT2D eigenvalue weighted by Gasteiger charge is 2.23. The van der Waals surface area contributed by atoms with Gasteiger partial charge in [-0.2, -0.15) is 0 Å². The summed E-state index contributed by atoms with van der Waals surface area (Å²) < 4.78 is 5.75. The largest absolute Gasteiger partial charge is 0.411 e. The van der Waals surface area contributed by atoms with Gasteiger partial charge in [-0.1, -0.05) is 30.0 Å². The zero-order valence-electron chi connectivity index (χ0n) is 14.1. The molecule has 6 nitrogen and oxygen atoms in total. The lowest BCUT2D eigenvalue weighted by molar-refractivity contribution is -0.131. The average molecular weight is 356 g/mol. The Balaban J connectivity index is 1.44. The molecule has 2 aromatic heterocycles. The molecule has 7 heteroatoms. The monoisotopic (exact) mass is 356 g/mol. The van der Waals surface area contributed by atoms with Gasteiger partial charge in [-0.25, -0.2) is 0 Å². The third-order valence-corrected chi connectivity index (χ3v) is 5.47. The fraction of sp³-hybridized carbons (Fsp3) is 0.389. The second-order valence-electron chi connectivity index (χ2n) is 6.34. The molecule has 3 aromatic rings. The van der Waals surface area contributed by atoms with E-state index in [2.05, 4.69) is 22.1 Å². The Bertz CT molecular complexity index is 888. The number of likely N-dealkylation sites (tertiary alicyclic amines) is 1. The summed E-state index contributed by atoms with van der Waals surface area (Å²) in [7, 11) is 0. The molecule has 1 aromatic carbocycles. The van der Waals surface area contributed by atoms with Crippen molar-refractivity contribution in [2.75, 3.05) is 12.3 Å². The molecule has 1 amide bonds. The van der Waals surface area contributed by atoms with Crippen molar-refractivity contribution in [2.45, 2.75) is 37.5 Å². The highest BCUT2D eigenvalue weighted by Crippen LogP contribution is 2.29. The van der Waals surface area contributed by atoms with Crippen LogP contribution in [0.15, 0.2) is 40.1 Å². The predicted molar refractivity (Wildman–Crippen MR) is 97.3 cm³/mol. The van der Waals surface area contributed by atoms with Crippen molar-refractivity contribution in [1.82, 2.24) is 20.1 Å². The molecule has 4 rings (SSSR count). The van der Waals surface area contributed by atoms with E-state index in [0.717, 1.165) is 35.9 Å². The van der Waals surface area contributed by atoms with Gasteiger partial charge < -0.3 is 14.3 Å². The van der Waals surface area contributed by atoms with Gasteiger partial charge in [0.25, 0.3) is 11.1 Å². The third kappa shape index (κ3) is 3.28. The Hall–Kier alpha value is -2.28. The van der Waals surface area contributed by atoms with Gasteiger partial charge in [-0.3, -0.25) is 4.79 Å². The van der Waals surface area contributed by atoms with E-state index < -0.39 is 0 Å². The molecule has 0 saturated carbocycles. The number of H-pyrrole nitrogens is 1. The Morgan fingerprint density at radius 2 is 2.24 bits per heavy atom. The van der Waals surface area contributed by atoms with E-state index in [-0.39, 0.29) is 5.91 Å². The lowest BCUT2D eigenvalue weighted by Crippen LogP contribution is -2.42. The summed E-state index contributed by atoms with van der Waals surface area (Å²) >= 11 is 1.31. The number of para-hydroxylation sites is 1. The number of nitrogens with one attached hydrogen (secondary N) is 1. The zero-order chi connectivity index (χ0) is 17.2. The zero-order valence-corrected chi connectivity index (χ0v) is 14.9. The molecule has 1 N–H and O–H groups in total. The third-order valence-electron chi connectivity index (χ3n) is 4.67. The summed E-state index contributed by atoms with van der Waals surface area (Å²) in [5.74, 6) is 0.947. The topological polar surface area (TPSA) is 75.0 Å². The Morgan fingerprint density at radius 1 is 1.36 bits per heavy atom. The first kappa shape index (κ1) is 16.2. The number of amides is 1. The van der Waals surface area contributed by atoms with Gasteiger partial charge in [0, 0.05) is 29.7 Å². The standard InChI is InChI=1S/C18H20N4O2S/c1-12-6-4-5-9-22(12)16(23)11-25-18-21-20-17(24-18)14-10-19-15-8-3-2-7-13(14)15/h2-3,7-8,10,12,19H,4-6,9,11H2,1H3/t12-/m1/s1. The summed E-state index contributed by atoms with van der Waals surface area (Å²) in [5, 5.41) is 9.68. The van der Waals surface area contributed by atoms with Crippen LogP contribution in [0.25, 0.3) is 22.4 Å². The second-order valence-corrected chi connectivity index (χ2v) is 7.27. The highest BCUT2D eigenvalue weighted by atomic mass is 32.2. The summed E-state index contributed by atoms with van der Waals surface area (Å²) in [6.07, 6.45) is 5.25. The number of carbonyl (C=O) groups excluding carboxylic acids is 1. The molecule has 0 bridgehead atoms. The van der Waals surface area contributed by atoms with Crippen molar-refractivity contribution in [3.8, 4) is 11.5 Å². The van der Waals surface area contributed by atoms with Crippen LogP contribution >= 0.6 is 11.8 Å². The Morgan fingerprint density at radius 3 is 3.12 bits per heavy atom. The molecule has 1 saturated heterocycles. The fourth-order valence-electron chi connectivity index (χ4n) is 3.30. The van der Waals surface area contributed by atoms with E-state index in [1.54, 1.807) is 0 Å². The number of rotatable bonds is 4. The van der Waals surface area contributed by atoms with Crippen LogP contribution in [0.2, 0.25) is 0 Å². The van der Waals surface area contributed by atoms with Crippen LogP contribution in [0.4, 0.5) is 0 Å². The molecular formula is C18H20N4O2S. The minimum Gasteiger partial charge on any atom is -0.411 e. The molecule has 1 atom stereocenters. The molecular weight excluding hydrogens is 336 g/mol. The lowest BCUT2D eigenvalue weighted by atomic mass is 10.0.